The minimum Gasteiger partial charge on any atom is -0.468 e. The normalized spacial score (nSPS) is 11.0. The molecule has 0 atom stereocenters. The summed E-state index contributed by atoms with van der Waals surface area (Å²) in [4.78, 5) is 17.8. The number of benzene rings is 2. The van der Waals surface area contributed by atoms with Crippen molar-refractivity contribution in [2.75, 3.05) is 12.4 Å². The van der Waals surface area contributed by atoms with E-state index in [0.717, 1.165) is 22.2 Å². The van der Waals surface area contributed by atoms with Gasteiger partial charge in [0.15, 0.2) is 0 Å². The Morgan fingerprint density at radius 2 is 1.93 bits per heavy atom. The van der Waals surface area contributed by atoms with Gasteiger partial charge < -0.3 is 15.8 Å². The molecule has 148 valence electrons. The molecule has 8 nitrogen and oxygen atoms in total. The quantitative estimate of drug-likeness (QED) is 0.519. The van der Waals surface area contributed by atoms with E-state index < -0.39 is 0 Å². The number of anilines is 1. The zero-order chi connectivity index (χ0) is 20.4. The summed E-state index contributed by atoms with van der Waals surface area (Å²) < 4.78 is 20.6. The maximum absolute atomic E-state index is 13.4. The second-order valence-electron chi connectivity index (χ2n) is 6.41. The minimum absolute atomic E-state index is 0.290. The fourth-order valence-corrected chi connectivity index (χ4v) is 3.11. The van der Waals surface area contributed by atoms with Gasteiger partial charge in [0.25, 0.3) is 0 Å². The molecule has 29 heavy (non-hydrogen) atoms. The molecule has 0 radical (unpaired) electrons. The molecule has 0 aliphatic carbocycles. The number of para-hydroxylation sites is 1. The highest BCUT2D eigenvalue weighted by Gasteiger charge is 2.18. The summed E-state index contributed by atoms with van der Waals surface area (Å²) in [6.07, 6.45) is 0. The van der Waals surface area contributed by atoms with Crippen LogP contribution in [0.5, 0.6) is 6.01 Å². The summed E-state index contributed by atoms with van der Waals surface area (Å²) in [7, 11) is 1.54. The van der Waals surface area contributed by atoms with Crippen LogP contribution in [0.25, 0.3) is 17.0 Å². The van der Waals surface area contributed by atoms with Gasteiger partial charge >= 0.3 is 6.01 Å². The summed E-state index contributed by atoms with van der Waals surface area (Å²) in [5.41, 5.74) is 9.04. The van der Waals surface area contributed by atoms with Gasteiger partial charge in [-0.2, -0.15) is 19.9 Å². The standard InChI is InChI=1S/C20H20FN7O/c1-12-24-18(23-11-13-5-3-7-15(21)9-13)27-19(25-12)28-16-8-4-6-14(10-22)17(16)26-20(28)29-2/h3-9H,10-11,22H2,1-2H3,(H,23,24,25,27). The molecule has 0 fully saturated rings. The van der Waals surface area contributed by atoms with Crippen LogP contribution in [0.4, 0.5) is 10.3 Å². The average molecular weight is 393 g/mol. The molecule has 4 rings (SSSR count). The summed E-state index contributed by atoms with van der Waals surface area (Å²) in [5.74, 6) is 0.973. The molecular formula is C20H20FN7O. The van der Waals surface area contributed by atoms with Crippen LogP contribution in [-0.4, -0.2) is 31.6 Å². The van der Waals surface area contributed by atoms with Crippen LogP contribution in [0.3, 0.4) is 0 Å². The summed E-state index contributed by atoms with van der Waals surface area (Å²) >= 11 is 0. The predicted molar refractivity (Wildman–Crippen MR) is 107 cm³/mol. The molecule has 0 aliphatic rings. The summed E-state index contributed by atoms with van der Waals surface area (Å²) in [6, 6.07) is 12.4. The first-order valence-corrected chi connectivity index (χ1v) is 9.05. The number of nitrogens with zero attached hydrogens (tertiary/aromatic N) is 5. The molecule has 0 spiro atoms. The second-order valence-corrected chi connectivity index (χ2v) is 6.41. The lowest BCUT2D eigenvalue weighted by Gasteiger charge is -2.10. The lowest BCUT2D eigenvalue weighted by Crippen LogP contribution is -2.11. The Morgan fingerprint density at radius 1 is 1.10 bits per heavy atom. The molecule has 0 amide bonds. The van der Waals surface area contributed by atoms with Crippen molar-refractivity contribution in [1.29, 1.82) is 0 Å². The molecule has 2 aromatic carbocycles. The van der Waals surface area contributed by atoms with Crippen LogP contribution in [0, 0.1) is 12.7 Å². The number of hydrogen-bond acceptors (Lipinski definition) is 7. The number of ether oxygens (including phenoxy) is 1. The summed E-state index contributed by atoms with van der Waals surface area (Å²) in [6.45, 7) is 2.50. The molecule has 0 saturated heterocycles. The van der Waals surface area contributed by atoms with Gasteiger partial charge in [-0.25, -0.2) is 8.96 Å². The first-order valence-electron chi connectivity index (χ1n) is 9.05. The van der Waals surface area contributed by atoms with Crippen molar-refractivity contribution < 1.29 is 9.13 Å². The molecule has 0 aliphatic heterocycles. The maximum atomic E-state index is 13.4. The van der Waals surface area contributed by atoms with Gasteiger partial charge in [-0.1, -0.05) is 24.3 Å². The second kappa shape index (κ2) is 7.80. The van der Waals surface area contributed by atoms with Crippen LogP contribution in [0.2, 0.25) is 0 Å². The van der Waals surface area contributed by atoms with E-state index in [4.69, 9.17) is 10.5 Å². The molecular weight excluding hydrogens is 373 g/mol. The van der Waals surface area contributed by atoms with Crippen molar-refractivity contribution in [3.8, 4) is 12.0 Å². The number of nitrogens with two attached hydrogens (primary N) is 1. The number of halogens is 1. The Hall–Kier alpha value is -3.59. The SMILES string of the molecule is COc1nc2c(CN)cccc2n1-c1nc(C)nc(NCc2cccc(F)c2)n1. The van der Waals surface area contributed by atoms with E-state index in [9.17, 15) is 4.39 Å². The molecule has 0 saturated carbocycles. The number of nitrogens with one attached hydrogen (secondary N) is 1. The Labute approximate surface area is 166 Å². The maximum Gasteiger partial charge on any atom is 0.304 e. The van der Waals surface area contributed by atoms with E-state index in [2.05, 4.69) is 25.3 Å². The van der Waals surface area contributed by atoms with Crippen molar-refractivity contribution in [1.82, 2.24) is 24.5 Å². The number of methoxy groups -OCH3 is 1. The largest absolute Gasteiger partial charge is 0.468 e. The molecule has 3 N–H and O–H groups in total. The fourth-order valence-electron chi connectivity index (χ4n) is 3.11. The van der Waals surface area contributed by atoms with Gasteiger partial charge in [-0.05, 0) is 36.2 Å². The highest BCUT2D eigenvalue weighted by Crippen LogP contribution is 2.27. The highest BCUT2D eigenvalue weighted by atomic mass is 19.1. The first kappa shape index (κ1) is 18.8. The Morgan fingerprint density at radius 3 is 2.69 bits per heavy atom. The Balaban J connectivity index is 1.74. The molecule has 4 aromatic rings. The van der Waals surface area contributed by atoms with E-state index in [0.29, 0.717) is 36.8 Å². The van der Waals surface area contributed by atoms with Crippen LogP contribution in [0.15, 0.2) is 42.5 Å². The third-order valence-electron chi connectivity index (χ3n) is 4.42. The Bertz CT molecular complexity index is 1170. The van der Waals surface area contributed by atoms with Crippen molar-refractivity contribution in [2.45, 2.75) is 20.0 Å². The van der Waals surface area contributed by atoms with E-state index in [1.54, 1.807) is 17.6 Å². The molecule has 2 aromatic heterocycles. The third kappa shape index (κ3) is 3.72. The smallest absolute Gasteiger partial charge is 0.304 e. The number of fused-ring (bicyclic) bond motifs is 1. The lowest BCUT2D eigenvalue weighted by molar-refractivity contribution is 0.374. The van der Waals surface area contributed by atoms with Crippen LogP contribution in [0.1, 0.15) is 17.0 Å². The van der Waals surface area contributed by atoms with Gasteiger partial charge in [-0.3, -0.25) is 0 Å². The van der Waals surface area contributed by atoms with E-state index in [-0.39, 0.29) is 5.82 Å². The van der Waals surface area contributed by atoms with E-state index >= 15 is 0 Å². The average Bonchev–Trinajstić information content (AvgIpc) is 3.10. The summed E-state index contributed by atoms with van der Waals surface area (Å²) in [5, 5.41) is 3.12. The monoisotopic (exact) mass is 393 g/mol. The predicted octanol–water partition coefficient (Wildman–Crippen LogP) is 2.74. The van der Waals surface area contributed by atoms with Crippen molar-refractivity contribution in [3.63, 3.8) is 0 Å². The van der Waals surface area contributed by atoms with Crippen molar-refractivity contribution in [2.24, 2.45) is 5.73 Å². The molecule has 9 heteroatoms. The van der Waals surface area contributed by atoms with Gasteiger partial charge in [0.05, 0.1) is 18.1 Å². The minimum atomic E-state index is -0.290. The van der Waals surface area contributed by atoms with Gasteiger partial charge in [0.2, 0.25) is 11.9 Å². The number of hydrogen-bond donors (Lipinski definition) is 2. The first-order chi connectivity index (χ1) is 14.1. The van der Waals surface area contributed by atoms with Crippen LogP contribution in [-0.2, 0) is 13.1 Å². The molecule has 0 unspecified atom stereocenters. The van der Waals surface area contributed by atoms with Gasteiger partial charge in [0.1, 0.15) is 11.6 Å². The number of aryl methyl sites for hydroxylation is 1. The topological polar surface area (TPSA) is 104 Å². The van der Waals surface area contributed by atoms with Crippen molar-refractivity contribution >= 4 is 17.0 Å². The van der Waals surface area contributed by atoms with E-state index in [1.807, 2.05) is 24.3 Å². The van der Waals surface area contributed by atoms with Crippen LogP contribution < -0.4 is 15.8 Å². The molecule has 2 heterocycles. The lowest BCUT2D eigenvalue weighted by atomic mass is 10.2. The zero-order valence-electron chi connectivity index (χ0n) is 16.1. The van der Waals surface area contributed by atoms with Crippen LogP contribution >= 0.6 is 0 Å². The third-order valence-corrected chi connectivity index (χ3v) is 4.42. The number of aromatic nitrogens is 5. The molecule has 0 bridgehead atoms. The Kier molecular flexibility index (Phi) is 5.05. The fraction of sp³-hybridized carbons (Fsp3) is 0.200. The number of imidazole rings is 1. The van der Waals surface area contributed by atoms with Gasteiger partial charge in [0, 0.05) is 13.1 Å². The van der Waals surface area contributed by atoms with E-state index in [1.165, 1.54) is 19.2 Å². The zero-order valence-corrected chi connectivity index (χ0v) is 16.1. The number of rotatable bonds is 6. The van der Waals surface area contributed by atoms with Gasteiger partial charge in [-0.15, -0.1) is 0 Å². The van der Waals surface area contributed by atoms with Crippen molar-refractivity contribution in [3.05, 3.63) is 65.2 Å². The highest BCUT2D eigenvalue weighted by molar-refractivity contribution is 5.81.